The third-order valence-corrected chi connectivity index (χ3v) is 6.23. The van der Waals surface area contributed by atoms with Crippen LogP contribution < -0.4 is 5.32 Å². The zero-order valence-electron chi connectivity index (χ0n) is 16.0. The van der Waals surface area contributed by atoms with Gasteiger partial charge in [0, 0.05) is 17.8 Å². The molecule has 2 aromatic rings. The third-order valence-electron chi connectivity index (χ3n) is 5.07. The van der Waals surface area contributed by atoms with Crippen molar-refractivity contribution in [2.45, 2.75) is 83.3 Å². The van der Waals surface area contributed by atoms with Crippen molar-refractivity contribution in [3.8, 4) is 6.07 Å². The smallest absolute Gasteiger partial charge is 0.258 e. The highest BCUT2D eigenvalue weighted by Crippen LogP contribution is 2.29. The minimum absolute atomic E-state index is 0.395. The van der Waals surface area contributed by atoms with Crippen LogP contribution in [0.4, 0.5) is 8.78 Å². The van der Waals surface area contributed by atoms with Gasteiger partial charge in [-0.2, -0.15) is 5.26 Å². The van der Waals surface area contributed by atoms with Gasteiger partial charge in [-0.15, -0.1) is 16.4 Å². The summed E-state index contributed by atoms with van der Waals surface area (Å²) in [5.41, 5.74) is 0.520. The first kappa shape index (κ1) is 20.7. The maximum Gasteiger partial charge on any atom is 0.258 e. The van der Waals surface area contributed by atoms with Gasteiger partial charge in [-0.1, -0.05) is 6.42 Å². The normalized spacial score (nSPS) is 16.0. The molecule has 28 heavy (non-hydrogen) atoms. The molecule has 1 N–H and O–H groups in total. The van der Waals surface area contributed by atoms with Gasteiger partial charge in [-0.3, -0.25) is 5.32 Å². The van der Waals surface area contributed by atoms with Crippen LogP contribution in [-0.4, -0.2) is 31.6 Å². The van der Waals surface area contributed by atoms with Gasteiger partial charge < -0.3 is 0 Å². The molecule has 0 aliphatic heterocycles. The molecule has 0 saturated carbocycles. The van der Waals surface area contributed by atoms with Crippen molar-refractivity contribution in [2.75, 3.05) is 0 Å². The van der Waals surface area contributed by atoms with Crippen molar-refractivity contribution in [3.05, 3.63) is 21.4 Å². The van der Waals surface area contributed by atoms with Gasteiger partial charge in [0.1, 0.15) is 11.6 Å². The number of aromatic nitrogens is 5. The number of nitriles is 1. The van der Waals surface area contributed by atoms with Gasteiger partial charge >= 0.3 is 0 Å². The van der Waals surface area contributed by atoms with Crippen LogP contribution in [0, 0.1) is 11.3 Å². The van der Waals surface area contributed by atoms with Crippen molar-refractivity contribution in [1.29, 1.82) is 5.26 Å². The quantitative estimate of drug-likeness (QED) is 0.605. The van der Waals surface area contributed by atoms with Crippen LogP contribution in [0.5, 0.6) is 0 Å². The molecule has 2 heterocycles. The van der Waals surface area contributed by atoms with Crippen LogP contribution in [0.15, 0.2) is 0 Å². The molecule has 0 spiro atoms. The Morgan fingerprint density at radius 2 is 2.14 bits per heavy atom. The topological polar surface area (TPSA) is 92.3 Å². The number of alkyl halides is 2. The Morgan fingerprint density at radius 3 is 2.89 bits per heavy atom. The zero-order chi connectivity index (χ0) is 20.0. The molecule has 1 atom stereocenters. The molecule has 7 nitrogen and oxygen atoms in total. The summed E-state index contributed by atoms with van der Waals surface area (Å²) in [6.07, 6.45) is 4.61. The lowest BCUT2D eigenvalue weighted by atomic mass is 9.93. The molecule has 2 aromatic heterocycles. The molecule has 152 valence electrons. The Hall–Kier alpha value is -1.99. The maximum absolute atomic E-state index is 12.9. The molecule has 1 aliphatic carbocycles. The molecule has 0 fully saturated rings. The molecule has 0 aromatic carbocycles. The minimum atomic E-state index is -2.53. The molecular weight excluding hydrogens is 384 g/mol. The first-order valence-corrected chi connectivity index (χ1v) is 10.5. The second-order valence-electron chi connectivity index (χ2n) is 7.31. The van der Waals surface area contributed by atoms with E-state index in [2.05, 4.69) is 26.9 Å². The molecule has 0 bridgehead atoms. The van der Waals surface area contributed by atoms with Crippen molar-refractivity contribution in [3.63, 3.8) is 0 Å². The van der Waals surface area contributed by atoms with E-state index in [1.807, 2.05) is 6.92 Å². The molecule has 10 heteroatoms. The summed E-state index contributed by atoms with van der Waals surface area (Å²) >= 11 is 1.72. The number of nitrogens with one attached hydrogen (secondary N) is 1. The van der Waals surface area contributed by atoms with Gasteiger partial charge in [0.15, 0.2) is 5.82 Å². The predicted octanol–water partition coefficient (Wildman–Crippen LogP) is 3.36. The van der Waals surface area contributed by atoms with E-state index < -0.39 is 18.5 Å². The Kier molecular flexibility index (Phi) is 7.02. The number of hydrogen-bond acceptors (Lipinski definition) is 7. The number of hydrogen-bond donors (Lipinski definition) is 1. The second kappa shape index (κ2) is 9.47. The molecule has 0 amide bonds. The third kappa shape index (κ3) is 5.08. The van der Waals surface area contributed by atoms with E-state index in [1.54, 1.807) is 11.3 Å². The van der Waals surface area contributed by atoms with Gasteiger partial charge in [0.25, 0.3) is 6.43 Å². The maximum atomic E-state index is 12.9. The fourth-order valence-electron chi connectivity index (χ4n) is 3.57. The summed E-state index contributed by atoms with van der Waals surface area (Å²) in [5, 5.41) is 24.6. The molecule has 1 aliphatic rings. The van der Waals surface area contributed by atoms with Gasteiger partial charge in [-0.05, 0) is 55.9 Å². The fraction of sp³-hybridized carbons (Fsp3) is 0.722. The fourth-order valence-corrected chi connectivity index (χ4v) is 4.66. The van der Waals surface area contributed by atoms with Crippen molar-refractivity contribution >= 4 is 11.3 Å². The van der Waals surface area contributed by atoms with Crippen LogP contribution >= 0.6 is 11.3 Å². The van der Waals surface area contributed by atoms with E-state index in [-0.39, 0.29) is 0 Å². The summed E-state index contributed by atoms with van der Waals surface area (Å²) in [6, 6.07) is 2.14. The number of aryl methyl sites for hydroxylation is 2. The van der Waals surface area contributed by atoms with E-state index in [0.717, 1.165) is 30.7 Å². The lowest BCUT2D eigenvalue weighted by Gasteiger charge is -2.29. The van der Waals surface area contributed by atoms with E-state index in [4.69, 9.17) is 10.2 Å². The number of nitrogens with zero attached hydrogens (tertiary/aromatic N) is 6. The van der Waals surface area contributed by atoms with Crippen LogP contribution in [0.25, 0.3) is 0 Å². The van der Waals surface area contributed by atoms with Crippen LogP contribution in [0.1, 0.15) is 66.9 Å². The highest BCUT2D eigenvalue weighted by molar-refractivity contribution is 7.11. The van der Waals surface area contributed by atoms with E-state index in [9.17, 15) is 8.78 Å². The number of rotatable bonds is 10. The SMILES string of the molecule is CC(CCCCC#N)(NCc1nc2c(s1)CCCC2)c1nnnn1CC(F)F. The van der Waals surface area contributed by atoms with Crippen molar-refractivity contribution in [2.24, 2.45) is 0 Å². The van der Waals surface area contributed by atoms with Gasteiger partial charge in [0.05, 0.1) is 17.3 Å². The summed E-state index contributed by atoms with van der Waals surface area (Å²) in [4.78, 5) is 6.11. The second-order valence-corrected chi connectivity index (χ2v) is 8.48. The van der Waals surface area contributed by atoms with Crippen molar-refractivity contribution < 1.29 is 8.78 Å². The average Bonchev–Trinajstić information content (AvgIpc) is 3.30. The van der Waals surface area contributed by atoms with Gasteiger partial charge in [-0.25, -0.2) is 18.4 Å². The molecular formula is C18H25F2N7S. The summed E-state index contributed by atoms with van der Waals surface area (Å²) in [7, 11) is 0. The van der Waals surface area contributed by atoms with Gasteiger partial charge in [0.2, 0.25) is 0 Å². The highest BCUT2D eigenvalue weighted by atomic mass is 32.1. The number of halogens is 2. The van der Waals surface area contributed by atoms with Crippen LogP contribution in [0.3, 0.4) is 0 Å². The minimum Gasteiger partial charge on any atom is -0.298 e. The lowest BCUT2D eigenvalue weighted by Crippen LogP contribution is -2.42. The standard InChI is InChI=1S/C18H25F2N7S/c1-18(9-5-2-6-10-21,17-24-25-26-27(17)12-15(19)20)22-11-16-23-13-7-3-4-8-14(13)28-16/h15,22H,2-9,11-12H2,1H3. The van der Waals surface area contributed by atoms with E-state index in [0.29, 0.717) is 25.2 Å². The Labute approximate surface area is 167 Å². The number of fused-ring (bicyclic) bond motifs is 1. The summed E-state index contributed by atoms with van der Waals surface area (Å²) in [6.45, 7) is 1.93. The number of tetrazole rings is 1. The monoisotopic (exact) mass is 409 g/mol. The average molecular weight is 410 g/mol. The Morgan fingerprint density at radius 1 is 1.32 bits per heavy atom. The summed E-state index contributed by atoms with van der Waals surface area (Å²) in [5.74, 6) is 0.395. The number of thiazole rings is 1. The first-order valence-electron chi connectivity index (χ1n) is 9.66. The Bertz CT molecular complexity index is 790. The lowest BCUT2D eigenvalue weighted by molar-refractivity contribution is 0.116. The van der Waals surface area contributed by atoms with Crippen LogP contribution in [0.2, 0.25) is 0 Å². The zero-order valence-corrected chi connectivity index (χ0v) is 16.8. The molecule has 1 unspecified atom stereocenters. The highest BCUT2D eigenvalue weighted by Gasteiger charge is 2.33. The molecule has 0 saturated heterocycles. The largest absolute Gasteiger partial charge is 0.298 e. The molecule has 0 radical (unpaired) electrons. The summed E-state index contributed by atoms with van der Waals surface area (Å²) < 4.78 is 27.0. The first-order chi connectivity index (χ1) is 13.5. The number of unbranched alkanes of at least 4 members (excludes halogenated alkanes) is 2. The van der Waals surface area contributed by atoms with Crippen molar-refractivity contribution in [1.82, 2.24) is 30.5 Å². The van der Waals surface area contributed by atoms with Crippen LogP contribution in [-0.2, 0) is 31.5 Å². The van der Waals surface area contributed by atoms with E-state index in [1.165, 1.54) is 28.1 Å². The molecule has 3 rings (SSSR count). The Balaban J connectivity index is 1.75. The van der Waals surface area contributed by atoms with E-state index >= 15 is 0 Å². The predicted molar refractivity (Wildman–Crippen MR) is 101 cm³/mol.